The summed E-state index contributed by atoms with van der Waals surface area (Å²) in [6.45, 7) is 6.68. The summed E-state index contributed by atoms with van der Waals surface area (Å²) in [5.74, 6) is 2.34. The molecule has 0 saturated carbocycles. The lowest BCUT2D eigenvalue weighted by molar-refractivity contribution is -0.0190. The zero-order chi connectivity index (χ0) is 23.2. The number of rotatable bonds is 4. The second kappa shape index (κ2) is 8.14. The minimum Gasteiger partial charge on any atom is -0.493 e. The molecule has 0 spiro atoms. The van der Waals surface area contributed by atoms with E-state index in [1.807, 2.05) is 24.3 Å². The SMILES string of the molecule is COc1ccc(C2=NN3[C@@H](C2)c2ccccc2O[C@H]3c2ccc(C(C)(C)C)cc2)cc1OC. The fraction of sp³-hybridized carbons (Fsp3) is 0.321. The summed E-state index contributed by atoms with van der Waals surface area (Å²) in [5.41, 5.74) is 5.71. The van der Waals surface area contributed by atoms with Crippen molar-refractivity contribution in [3.8, 4) is 17.2 Å². The predicted molar refractivity (Wildman–Crippen MR) is 130 cm³/mol. The van der Waals surface area contributed by atoms with E-state index in [2.05, 4.69) is 68.2 Å². The summed E-state index contributed by atoms with van der Waals surface area (Å²) in [5, 5.41) is 7.18. The molecule has 2 heterocycles. The summed E-state index contributed by atoms with van der Waals surface area (Å²) in [4.78, 5) is 0. The lowest BCUT2D eigenvalue weighted by Gasteiger charge is -2.38. The number of hydrazone groups is 1. The Labute approximate surface area is 195 Å². The van der Waals surface area contributed by atoms with E-state index in [4.69, 9.17) is 19.3 Å². The van der Waals surface area contributed by atoms with E-state index < -0.39 is 0 Å². The van der Waals surface area contributed by atoms with Crippen LogP contribution in [0.2, 0.25) is 0 Å². The van der Waals surface area contributed by atoms with Crippen LogP contribution in [0.15, 0.2) is 71.8 Å². The van der Waals surface area contributed by atoms with Crippen LogP contribution < -0.4 is 14.2 Å². The number of hydrogen-bond donors (Lipinski definition) is 0. The average Bonchev–Trinajstić information content (AvgIpc) is 3.28. The molecule has 170 valence electrons. The van der Waals surface area contributed by atoms with Gasteiger partial charge in [0.2, 0.25) is 6.23 Å². The number of fused-ring (bicyclic) bond motifs is 3. The van der Waals surface area contributed by atoms with E-state index in [0.717, 1.165) is 29.0 Å². The molecule has 3 aromatic rings. The molecule has 0 bridgehead atoms. The van der Waals surface area contributed by atoms with Crippen molar-refractivity contribution in [3.63, 3.8) is 0 Å². The summed E-state index contributed by atoms with van der Waals surface area (Å²) in [6.07, 6.45) is 0.517. The van der Waals surface area contributed by atoms with Crippen LogP contribution in [-0.4, -0.2) is 24.9 Å². The minimum atomic E-state index is -0.281. The molecule has 5 heteroatoms. The highest BCUT2D eigenvalue weighted by Crippen LogP contribution is 2.47. The van der Waals surface area contributed by atoms with Gasteiger partial charge in [0.15, 0.2) is 11.5 Å². The van der Waals surface area contributed by atoms with E-state index in [0.29, 0.717) is 11.5 Å². The molecular weight excluding hydrogens is 412 g/mol. The van der Waals surface area contributed by atoms with E-state index in [9.17, 15) is 0 Å². The average molecular weight is 443 g/mol. The van der Waals surface area contributed by atoms with E-state index in [1.165, 1.54) is 11.1 Å². The van der Waals surface area contributed by atoms with Gasteiger partial charge in [-0.2, -0.15) is 5.10 Å². The molecule has 0 unspecified atom stereocenters. The molecule has 0 aliphatic carbocycles. The molecule has 2 atom stereocenters. The lowest BCUT2D eigenvalue weighted by atomic mass is 9.86. The van der Waals surface area contributed by atoms with Gasteiger partial charge < -0.3 is 14.2 Å². The van der Waals surface area contributed by atoms with Crippen LogP contribution >= 0.6 is 0 Å². The Bertz CT molecular complexity index is 1190. The topological polar surface area (TPSA) is 43.3 Å². The summed E-state index contributed by atoms with van der Waals surface area (Å²) >= 11 is 0. The Hall–Kier alpha value is -3.47. The predicted octanol–water partition coefficient (Wildman–Crippen LogP) is 6.24. The van der Waals surface area contributed by atoms with Gasteiger partial charge in [0.25, 0.3) is 0 Å². The van der Waals surface area contributed by atoms with Gasteiger partial charge in [-0.15, -0.1) is 0 Å². The molecule has 0 saturated heterocycles. The van der Waals surface area contributed by atoms with Crippen molar-refractivity contribution >= 4 is 5.71 Å². The third-order valence-electron chi connectivity index (χ3n) is 6.48. The van der Waals surface area contributed by atoms with Gasteiger partial charge in [-0.05, 0) is 35.2 Å². The highest BCUT2D eigenvalue weighted by Gasteiger charge is 2.41. The zero-order valence-electron chi connectivity index (χ0n) is 19.8. The fourth-order valence-corrected chi connectivity index (χ4v) is 4.59. The summed E-state index contributed by atoms with van der Waals surface area (Å²) in [7, 11) is 3.30. The van der Waals surface area contributed by atoms with Crippen molar-refractivity contribution < 1.29 is 14.2 Å². The second-order valence-electron chi connectivity index (χ2n) is 9.60. The number of nitrogens with zero attached hydrogens (tertiary/aromatic N) is 2. The first kappa shape index (κ1) is 21.4. The Kier molecular flexibility index (Phi) is 5.28. The van der Waals surface area contributed by atoms with Crippen molar-refractivity contribution in [2.75, 3.05) is 14.2 Å². The van der Waals surface area contributed by atoms with Crippen molar-refractivity contribution in [1.29, 1.82) is 0 Å². The molecule has 0 amide bonds. The number of methoxy groups -OCH3 is 2. The number of benzene rings is 3. The third kappa shape index (κ3) is 3.82. The summed E-state index contributed by atoms with van der Waals surface area (Å²) in [6, 6.07) is 23.1. The molecule has 0 aromatic heterocycles. The van der Waals surface area contributed by atoms with Crippen LogP contribution in [0.5, 0.6) is 17.2 Å². The largest absolute Gasteiger partial charge is 0.493 e. The maximum absolute atomic E-state index is 6.50. The van der Waals surface area contributed by atoms with Gasteiger partial charge in [0.05, 0.1) is 26.0 Å². The van der Waals surface area contributed by atoms with Gasteiger partial charge in [0.1, 0.15) is 5.75 Å². The maximum Gasteiger partial charge on any atom is 0.213 e. The molecule has 0 fully saturated rings. The van der Waals surface area contributed by atoms with Gasteiger partial charge in [0, 0.05) is 23.1 Å². The van der Waals surface area contributed by atoms with Crippen LogP contribution in [0.25, 0.3) is 0 Å². The van der Waals surface area contributed by atoms with Crippen LogP contribution in [0.1, 0.15) is 61.7 Å². The van der Waals surface area contributed by atoms with Crippen LogP contribution in [-0.2, 0) is 5.41 Å². The molecule has 5 nitrogen and oxygen atoms in total. The maximum atomic E-state index is 6.50. The number of ether oxygens (including phenoxy) is 3. The smallest absolute Gasteiger partial charge is 0.213 e. The molecule has 3 aromatic carbocycles. The normalized spacial score (nSPS) is 19.3. The van der Waals surface area contributed by atoms with E-state index in [1.54, 1.807) is 14.2 Å². The molecule has 33 heavy (non-hydrogen) atoms. The van der Waals surface area contributed by atoms with Gasteiger partial charge in [-0.3, -0.25) is 0 Å². The highest BCUT2D eigenvalue weighted by molar-refractivity contribution is 6.02. The molecule has 0 radical (unpaired) electrons. The highest BCUT2D eigenvalue weighted by atomic mass is 16.5. The number of hydrogen-bond acceptors (Lipinski definition) is 5. The van der Waals surface area contributed by atoms with Gasteiger partial charge in [-0.25, -0.2) is 5.01 Å². The Morgan fingerprint density at radius 1 is 0.909 bits per heavy atom. The van der Waals surface area contributed by atoms with Crippen molar-refractivity contribution in [2.45, 2.75) is 44.9 Å². The summed E-state index contributed by atoms with van der Waals surface area (Å²) < 4.78 is 17.4. The molecule has 2 aliphatic rings. The zero-order valence-corrected chi connectivity index (χ0v) is 19.8. The molecular formula is C28H30N2O3. The molecule has 5 rings (SSSR count). The van der Waals surface area contributed by atoms with E-state index >= 15 is 0 Å². The first-order valence-electron chi connectivity index (χ1n) is 11.3. The Balaban J connectivity index is 1.54. The van der Waals surface area contributed by atoms with Gasteiger partial charge in [-0.1, -0.05) is 63.2 Å². The fourth-order valence-electron chi connectivity index (χ4n) is 4.59. The number of para-hydroxylation sites is 1. The Morgan fingerprint density at radius 2 is 1.64 bits per heavy atom. The van der Waals surface area contributed by atoms with Crippen LogP contribution in [0.4, 0.5) is 0 Å². The van der Waals surface area contributed by atoms with E-state index in [-0.39, 0.29) is 17.7 Å². The van der Waals surface area contributed by atoms with Crippen molar-refractivity contribution in [2.24, 2.45) is 5.10 Å². The first-order chi connectivity index (χ1) is 15.9. The van der Waals surface area contributed by atoms with Gasteiger partial charge >= 0.3 is 0 Å². The quantitative estimate of drug-likeness (QED) is 0.479. The third-order valence-corrected chi connectivity index (χ3v) is 6.48. The van der Waals surface area contributed by atoms with Crippen molar-refractivity contribution in [3.05, 3.63) is 89.0 Å². The first-order valence-corrected chi connectivity index (χ1v) is 11.3. The second-order valence-corrected chi connectivity index (χ2v) is 9.60. The van der Waals surface area contributed by atoms with Crippen molar-refractivity contribution in [1.82, 2.24) is 5.01 Å². The van der Waals surface area contributed by atoms with Crippen LogP contribution in [0.3, 0.4) is 0 Å². The lowest BCUT2D eigenvalue weighted by Crippen LogP contribution is -2.33. The monoisotopic (exact) mass is 442 g/mol. The van der Waals surface area contributed by atoms with Crippen LogP contribution in [0, 0.1) is 0 Å². The minimum absolute atomic E-state index is 0.105. The standard InChI is InChI=1S/C28H30N2O3/c1-28(2,3)20-13-10-18(11-14-20)27-30-23(21-8-6-7-9-24(21)33-27)17-22(29-30)19-12-15-25(31-4)26(16-19)32-5/h6-16,23,27H,17H2,1-5H3/t23-,27-/m0/s1. The Morgan fingerprint density at radius 3 is 2.33 bits per heavy atom. The molecule has 0 N–H and O–H groups in total. The molecule has 2 aliphatic heterocycles.